The van der Waals surface area contributed by atoms with Gasteiger partial charge in [0, 0.05) is 18.6 Å². The van der Waals surface area contributed by atoms with Gasteiger partial charge in [0.1, 0.15) is 0 Å². The molecule has 94 valence electrons. The Morgan fingerprint density at radius 2 is 1.94 bits per heavy atom. The Labute approximate surface area is 100 Å². The first-order chi connectivity index (χ1) is 7.87. The topological polar surface area (TPSA) is 21.3 Å². The van der Waals surface area contributed by atoms with E-state index in [0.29, 0.717) is 5.41 Å². The predicted octanol–water partition coefficient (Wildman–Crippen LogP) is 2.97. The maximum atomic E-state index is 5.71. The number of rotatable bonds is 4. The van der Waals surface area contributed by atoms with E-state index in [0.717, 1.165) is 25.7 Å². The third kappa shape index (κ3) is 2.78. The summed E-state index contributed by atoms with van der Waals surface area (Å²) in [6.07, 6.45) is 9.95. The average Bonchev–Trinajstić information content (AvgIpc) is 2.61. The lowest BCUT2D eigenvalue weighted by molar-refractivity contribution is 0.0953. The van der Waals surface area contributed by atoms with Gasteiger partial charge in [0.2, 0.25) is 0 Å². The van der Waals surface area contributed by atoms with Gasteiger partial charge >= 0.3 is 0 Å². The van der Waals surface area contributed by atoms with Crippen LogP contribution in [-0.2, 0) is 4.74 Å². The first kappa shape index (κ1) is 12.4. The monoisotopic (exact) mass is 225 g/mol. The van der Waals surface area contributed by atoms with Crippen molar-refractivity contribution in [2.45, 2.75) is 51.9 Å². The van der Waals surface area contributed by atoms with E-state index in [9.17, 15) is 0 Å². The van der Waals surface area contributed by atoms with Crippen LogP contribution in [0.25, 0.3) is 0 Å². The molecule has 1 saturated carbocycles. The normalized spacial score (nSPS) is 32.8. The quantitative estimate of drug-likeness (QED) is 0.743. The lowest BCUT2D eigenvalue weighted by Gasteiger charge is -2.36. The molecule has 1 unspecified atom stereocenters. The summed E-state index contributed by atoms with van der Waals surface area (Å²) in [6.45, 7) is 6.46. The molecule has 0 bridgehead atoms. The van der Waals surface area contributed by atoms with Crippen LogP contribution in [0.5, 0.6) is 0 Å². The molecule has 16 heavy (non-hydrogen) atoms. The summed E-state index contributed by atoms with van der Waals surface area (Å²) >= 11 is 0. The van der Waals surface area contributed by atoms with Gasteiger partial charge in [-0.05, 0) is 31.7 Å². The third-order valence-corrected chi connectivity index (χ3v) is 4.58. The van der Waals surface area contributed by atoms with Crippen LogP contribution in [0.3, 0.4) is 0 Å². The van der Waals surface area contributed by atoms with E-state index >= 15 is 0 Å². The molecule has 1 heterocycles. The summed E-state index contributed by atoms with van der Waals surface area (Å²) in [6, 6.07) is 0. The molecule has 1 N–H and O–H groups in total. The van der Waals surface area contributed by atoms with Crippen molar-refractivity contribution in [2.24, 2.45) is 11.3 Å². The fourth-order valence-electron chi connectivity index (χ4n) is 3.49. The molecule has 2 aliphatic rings. The van der Waals surface area contributed by atoms with Crippen molar-refractivity contribution in [1.29, 1.82) is 0 Å². The molecule has 0 aromatic rings. The maximum Gasteiger partial charge on any atom is 0.0538 e. The molecule has 1 aliphatic carbocycles. The predicted molar refractivity (Wildman–Crippen MR) is 67.6 cm³/mol. The van der Waals surface area contributed by atoms with Crippen LogP contribution in [-0.4, -0.2) is 26.3 Å². The van der Waals surface area contributed by atoms with E-state index < -0.39 is 0 Å². The van der Waals surface area contributed by atoms with Crippen LogP contribution in [0.1, 0.15) is 51.9 Å². The second-order valence-electron chi connectivity index (χ2n) is 5.63. The summed E-state index contributed by atoms with van der Waals surface area (Å²) in [5.74, 6) is 0.913. The first-order valence-electron chi connectivity index (χ1n) is 7.16. The van der Waals surface area contributed by atoms with Crippen molar-refractivity contribution >= 4 is 0 Å². The average molecular weight is 225 g/mol. The first-order valence-corrected chi connectivity index (χ1v) is 7.16. The lowest BCUT2D eigenvalue weighted by Crippen LogP contribution is -2.41. The molecule has 0 aromatic carbocycles. The lowest BCUT2D eigenvalue weighted by atomic mass is 9.71. The summed E-state index contributed by atoms with van der Waals surface area (Å²) in [4.78, 5) is 0. The molecule has 0 amide bonds. The van der Waals surface area contributed by atoms with E-state index in [1.54, 1.807) is 0 Å². The minimum absolute atomic E-state index is 0.473. The standard InChI is InChI=1S/C14H27NO/c1-2-15-11-14(9-10-16-12-14)13-7-5-3-4-6-8-13/h13,15H,2-12H2,1H3. The Morgan fingerprint density at radius 3 is 2.50 bits per heavy atom. The molecule has 2 rings (SSSR count). The van der Waals surface area contributed by atoms with Crippen LogP contribution in [0, 0.1) is 11.3 Å². The van der Waals surface area contributed by atoms with Crippen LogP contribution in [0.15, 0.2) is 0 Å². The Morgan fingerprint density at radius 1 is 1.19 bits per heavy atom. The molecule has 1 saturated heterocycles. The minimum atomic E-state index is 0.473. The van der Waals surface area contributed by atoms with E-state index in [1.165, 1.54) is 51.5 Å². The highest BCUT2D eigenvalue weighted by molar-refractivity contribution is 4.92. The van der Waals surface area contributed by atoms with Crippen molar-refractivity contribution in [3.8, 4) is 0 Å². The van der Waals surface area contributed by atoms with Gasteiger partial charge in [0.05, 0.1) is 6.61 Å². The smallest absolute Gasteiger partial charge is 0.0538 e. The number of nitrogens with one attached hydrogen (secondary N) is 1. The van der Waals surface area contributed by atoms with E-state index in [4.69, 9.17) is 4.74 Å². The van der Waals surface area contributed by atoms with E-state index in [1.807, 2.05) is 0 Å². The Bertz CT molecular complexity index is 191. The SMILES string of the molecule is CCNCC1(C2CCCCCC2)CCOC1. The van der Waals surface area contributed by atoms with Gasteiger partial charge in [-0.15, -0.1) is 0 Å². The number of hydrogen-bond donors (Lipinski definition) is 1. The molecule has 0 radical (unpaired) electrons. The second kappa shape index (κ2) is 6.02. The van der Waals surface area contributed by atoms with Crippen molar-refractivity contribution < 1.29 is 4.74 Å². The molecule has 2 nitrogen and oxygen atoms in total. The van der Waals surface area contributed by atoms with Crippen LogP contribution in [0.2, 0.25) is 0 Å². The Balaban J connectivity index is 1.98. The van der Waals surface area contributed by atoms with Crippen molar-refractivity contribution in [3.05, 3.63) is 0 Å². The highest BCUT2D eigenvalue weighted by Crippen LogP contribution is 2.43. The molecule has 2 heteroatoms. The minimum Gasteiger partial charge on any atom is -0.381 e. The molecule has 2 fully saturated rings. The van der Waals surface area contributed by atoms with Gasteiger partial charge in [-0.25, -0.2) is 0 Å². The van der Waals surface area contributed by atoms with Crippen LogP contribution in [0.4, 0.5) is 0 Å². The van der Waals surface area contributed by atoms with E-state index in [2.05, 4.69) is 12.2 Å². The molecule has 1 atom stereocenters. The summed E-state index contributed by atoms with van der Waals surface area (Å²) in [5, 5.41) is 3.57. The number of hydrogen-bond acceptors (Lipinski definition) is 2. The van der Waals surface area contributed by atoms with Crippen molar-refractivity contribution in [2.75, 3.05) is 26.3 Å². The maximum absolute atomic E-state index is 5.71. The van der Waals surface area contributed by atoms with Crippen molar-refractivity contribution in [3.63, 3.8) is 0 Å². The molecule has 0 spiro atoms. The second-order valence-corrected chi connectivity index (χ2v) is 5.63. The Hall–Kier alpha value is -0.0800. The van der Waals surface area contributed by atoms with Crippen molar-refractivity contribution in [1.82, 2.24) is 5.32 Å². The molecule has 1 aliphatic heterocycles. The van der Waals surface area contributed by atoms with Gasteiger partial charge in [-0.1, -0.05) is 32.6 Å². The molecular weight excluding hydrogens is 198 g/mol. The molecule has 0 aromatic heterocycles. The van der Waals surface area contributed by atoms with Gasteiger partial charge in [0.15, 0.2) is 0 Å². The summed E-state index contributed by atoms with van der Waals surface area (Å²) < 4.78 is 5.71. The van der Waals surface area contributed by atoms with Crippen LogP contribution >= 0.6 is 0 Å². The van der Waals surface area contributed by atoms with Gasteiger partial charge in [-0.2, -0.15) is 0 Å². The van der Waals surface area contributed by atoms with Gasteiger partial charge in [-0.3, -0.25) is 0 Å². The third-order valence-electron chi connectivity index (χ3n) is 4.58. The zero-order valence-corrected chi connectivity index (χ0v) is 10.8. The number of ether oxygens (including phenoxy) is 1. The summed E-state index contributed by atoms with van der Waals surface area (Å²) in [7, 11) is 0. The molecular formula is C14H27NO. The fraction of sp³-hybridized carbons (Fsp3) is 1.00. The van der Waals surface area contributed by atoms with Crippen LogP contribution < -0.4 is 5.32 Å². The summed E-state index contributed by atoms with van der Waals surface area (Å²) in [5.41, 5.74) is 0.473. The Kier molecular flexibility index (Phi) is 4.66. The zero-order chi connectivity index (χ0) is 11.3. The largest absolute Gasteiger partial charge is 0.381 e. The highest BCUT2D eigenvalue weighted by atomic mass is 16.5. The highest BCUT2D eigenvalue weighted by Gasteiger charge is 2.41. The van der Waals surface area contributed by atoms with E-state index in [-0.39, 0.29) is 0 Å². The fourth-order valence-corrected chi connectivity index (χ4v) is 3.49. The van der Waals surface area contributed by atoms with Gasteiger partial charge in [0.25, 0.3) is 0 Å². The zero-order valence-electron chi connectivity index (χ0n) is 10.8. The van der Waals surface area contributed by atoms with Gasteiger partial charge < -0.3 is 10.1 Å².